The number of hydrogen-bond donors (Lipinski definition) is 2. The van der Waals surface area contributed by atoms with Gasteiger partial charge >= 0.3 is 0 Å². The molecule has 0 spiro atoms. The number of likely N-dealkylation sites (tertiary alicyclic amines) is 1. The van der Waals surface area contributed by atoms with Gasteiger partial charge in [0.25, 0.3) is 5.91 Å². The molecule has 2 N–H and O–H groups in total. The quantitative estimate of drug-likeness (QED) is 0.347. The molecule has 168 valence electrons. The van der Waals surface area contributed by atoms with Crippen LogP contribution >= 0.6 is 0 Å². The molecule has 1 aromatic carbocycles. The molecule has 1 saturated heterocycles. The van der Waals surface area contributed by atoms with Crippen LogP contribution in [-0.4, -0.2) is 75.1 Å². The smallest absolute Gasteiger partial charge is 0.259 e. The number of hydrogen-bond acceptors (Lipinski definition) is 4. The molecule has 0 radical (unpaired) electrons. The summed E-state index contributed by atoms with van der Waals surface area (Å²) in [6, 6.07) is 7.75. The van der Waals surface area contributed by atoms with Crippen molar-refractivity contribution >= 4 is 11.9 Å². The third-order valence-electron chi connectivity index (χ3n) is 5.34. The number of nitrogens with one attached hydrogen (secondary N) is 2. The molecule has 0 atom stereocenters. The minimum Gasteiger partial charge on any atom is -0.484 e. The van der Waals surface area contributed by atoms with Crippen molar-refractivity contribution in [2.45, 2.75) is 39.7 Å². The molecule has 0 bridgehead atoms. The molecular formula is C23H39N5O2. The second-order valence-electron chi connectivity index (χ2n) is 8.22. The minimum absolute atomic E-state index is 0.0415. The minimum atomic E-state index is -0.0591. The van der Waals surface area contributed by atoms with E-state index in [9.17, 15) is 4.79 Å². The second-order valence-corrected chi connectivity index (χ2v) is 8.22. The van der Waals surface area contributed by atoms with Gasteiger partial charge in [-0.15, -0.1) is 0 Å². The Balaban J connectivity index is 1.77. The fraction of sp³-hybridized carbons (Fsp3) is 0.652. The van der Waals surface area contributed by atoms with Gasteiger partial charge in [0.1, 0.15) is 5.75 Å². The lowest BCUT2D eigenvalue weighted by molar-refractivity contribution is -0.130. The zero-order valence-electron chi connectivity index (χ0n) is 19.1. The van der Waals surface area contributed by atoms with Crippen molar-refractivity contribution in [2.75, 3.05) is 53.4 Å². The van der Waals surface area contributed by atoms with Gasteiger partial charge in [-0.3, -0.25) is 4.79 Å². The molecule has 0 aromatic heterocycles. The van der Waals surface area contributed by atoms with Crippen LogP contribution in [0.1, 0.15) is 38.7 Å². The lowest BCUT2D eigenvalue weighted by Gasteiger charge is -2.30. The normalized spacial score (nSPS) is 15.7. The largest absolute Gasteiger partial charge is 0.484 e. The van der Waals surface area contributed by atoms with Crippen LogP contribution < -0.4 is 15.4 Å². The van der Waals surface area contributed by atoms with Crippen molar-refractivity contribution in [2.24, 2.45) is 10.9 Å². The lowest BCUT2D eigenvalue weighted by Crippen LogP contribution is -2.39. The standard InChI is InChI=1S/C23H39N5O2/c1-5-24-23(25-12-7-13-28-14-10-19(2)11-15-28)26-17-20-8-6-9-21(16-20)30-18-22(29)27(3)4/h6,8-9,16,19H,5,7,10-15,17-18H2,1-4H3,(H2,24,25,26). The fourth-order valence-electron chi connectivity index (χ4n) is 3.32. The second kappa shape index (κ2) is 13.1. The van der Waals surface area contributed by atoms with Crippen LogP contribution in [0.5, 0.6) is 5.75 Å². The molecule has 1 aliphatic rings. The van der Waals surface area contributed by atoms with E-state index in [1.54, 1.807) is 14.1 Å². The molecule has 1 aliphatic heterocycles. The fourth-order valence-corrected chi connectivity index (χ4v) is 3.32. The highest BCUT2D eigenvalue weighted by Gasteiger charge is 2.14. The molecule has 1 amide bonds. The molecule has 0 saturated carbocycles. The molecule has 0 aliphatic carbocycles. The SMILES string of the molecule is CCNC(=NCc1cccc(OCC(=O)N(C)C)c1)NCCCN1CCC(C)CC1. The summed E-state index contributed by atoms with van der Waals surface area (Å²) in [6.07, 6.45) is 3.76. The first kappa shape index (κ1) is 24.0. The Bertz CT molecular complexity index is 669. The van der Waals surface area contributed by atoms with Gasteiger partial charge < -0.3 is 25.2 Å². The van der Waals surface area contributed by atoms with Gasteiger partial charge in [0.2, 0.25) is 0 Å². The monoisotopic (exact) mass is 417 g/mol. The van der Waals surface area contributed by atoms with E-state index in [4.69, 9.17) is 9.73 Å². The molecular weight excluding hydrogens is 378 g/mol. The third-order valence-corrected chi connectivity index (χ3v) is 5.34. The van der Waals surface area contributed by atoms with E-state index in [0.29, 0.717) is 12.3 Å². The highest BCUT2D eigenvalue weighted by molar-refractivity contribution is 5.79. The van der Waals surface area contributed by atoms with Crippen molar-refractivity contribution in [3.63, 3.8) is 0 Å². The van der Waals surface area contributed by atoms with Crippen molar-refractivity contribution in [3.8, 4) is 5.75 Å². The molecule has 7 heteroatoms. The van der Waals surface area contributed by atoms with E-state index in [2.05, 4.69) is 29.4 Å². The van der Waals surface area contributed by atoms with Gasteiger partial charge in [-0.2, -0.15) is 0 Å². The first-order chi connectivity index (χ1) is 14.5. The van der Waals surface area contributed by atoms with Crippen LogP contribution in [0, 0.1) is 5.92 Å². The third kappa shape index (κ3) is 9.03. The maximum Gasteiger partial charge on any atom is 0.259 e. The van der Waals surface area contributed by atoms with Gasteiger partial charge in [0.05, 0.1) is 6.54 Å². The molecule has 1 heterocycles. The zero-order chi connectivity index (χ0) is 21.8. The Labute approximate surface area is 181 Å². The van der Waals surface area contributed by atoms with Crippen LogP contribution in [0.2, 0.25) is 0 Å². The van der Waals surface area contributed by atoms with Crippen LogP contribution in [-0.2, 0) is 11.3 Å². The Morgan fingerprint density at radius 3 is 2.73 bits per heavy atom. The Hall–Kier alpha value is -2.28. The summed E-state index contributed by atoms with van der Waals surface area (Å²) in [5.41, 5.74) is 1.05. The van der Waals surface area contributed by atoms with E-state index in [1.165, 1.54) is 30.8 Å². The number of amides is 1. The van der Waals surface area contributed by atoms with Crippen molar-refractivity contribution < 1.29 is 9.53 Å². The van der Waals surface area contributed by atoms with Crippen LogP contribution in [0.3, 0.4) is 0 Å². The summed E-state index contributed by atoms with van der Waals surface area (Å²) >= 11 is 0. The van der Waals surface area contributed by atoms with Gasteiger partial charge in [-0.05, 0) is 69.4 Å². The summed E-state index contributed by atoms with van der Waals surface area (Å²) in [7, 11) is 3.44. The maximum atomic E-state index is 11.7. The van der Waals surface area contributed by atoms with Crippen LogP contribution in [0.4, 0.5) is 0 Å². The van der Waals surface area contributed by atoms with E-state index in [1.807, 2.05) is 24.3 Å². The van der Waals surface area contributed by atoms with Crippen LogP contribution in [0.15, 0.2) is 29.3 Å². The first-order valence-electron chi connectivity index (χ1n) is 11.1. The Morgan fingerprint density at radius 1 is 1.27 bits per heavy atom. The number of piperidine rings is 1. The predicted molar refractivity (Wildman–Crippen MR) is 123 cm³/mol. The number of carbonyl (C=O) groups excluding carboxylic acids is 1. The lowest BCUT2D eigenvalue weighted by atomic mass is 9.99. The molecule has 30 heavy (non-hydrogen) atoms. The molecule has 1 aromatic rings. The molecule has 1 fully saturated rings. The molecule has 0 unspecified atom stereocenters. The topological polar surface area (TPSA) is 69.2 Å². The highest BCUT2D eigenvalue weighted by atomic mass is 16.5. The Kier molecular flexibility index (Phi) is 10.5. The van der Waals surface area contributed by atoms with E-state index in [-0.39, 0.29) is 12.5 Å². The van der Waals surface area contributed by atoms with E-state index < -0.39 is 0 Å². The van der Waals surface area contributed by atoms with Gasteiger partial charge in [0, 0.05) is 27.2 Å². The summed E-state index contributed by atoms with van der Waals surface area (Å²) in [5, 5.41) is 6.75. The Morgan fingerprint density at radius 2 is 2.03 bits per heavy atom. The predicted octanol–water partition coefficient (Wildman–Crippen LogP) is 2.33. The number of guanidine groups is 1. The average molecular weight is 418 g/mol. The van der Waals surface area contributed by atoms with Gasteiger partial charge in [-0.1, -0.05) is 19.1 Å². The average Bonchev–Trinajstić information content (AvgIpc) is 2.74. The number of nitrogens with zero attached hydrogens (tertiary/aromatic N) is 3. The highest BCUT2D eigenvalue weighted by Crippen LogP contribution is 2.16. The summed E-state index contributed by atoms with van der Waals surface area (Å²) in [5.74, 6) is 2.34. The molecule has 7 nitrogen and oxygen atoms in total. The van der Waals surface area contributed by atoms with Crippen molar-refractivity contribution in [1.29, 1.82) is 0 Å². The number of carbonyl (C=O) groups is 1. The van der Waals surface area contributed by atoms with Crippen LogP contribution in [0.25, 0.3) is 0 Å². The van der Waals surface area contributed by atoms with Gasteiger partial charge in [0.15, 0.2) is 12.6 Å². The van der Waals surface area contributed by atoms with Crippen molar-refractivity contribution in [1.82, 2.24) is 20.4 Å². The number of ether oxygens (including phenoxy) is 1. The number of benzene rings is 1. The zero-order valence-corrected chi connectivity index (χ0v) is 19.1. The number of aliphatic imine (C=N–C) groups is 1. The van der Waals surface area contributed by atoms with Gasteiger partial charge in [-0.25, -0.2) is 4.99 Å². The van der Waals surface area contributed by atoms with Crippen molar-refractivity contribution in [3.05, 3.63) is 29.8 Å². The summed E-state index contributed by atoms with van der Waals surface area (Å²) in [4.78, 5) is 20.5. The van der Waals surface area contributed by atoms with E-state index in [0.717, 1.165) is 43.5 Å². The number of rotatable bonds is 10. The summed E-state index contributed by atoms with van der Waals surface area (Å²) < 4.78 is 5.59. The first-order valence-corrected chi connectivity index (χ1v) is 11.1. The number of likely N-dealkylation sites (N-methyl/N-ethyl adjacent to an activating group) is 1. The molecule has 2 rings (SSSR count). The van der Waals surface area contributed by atoms with E-state index >= 15 is 0 Å². The summed E-state index contributed by atoms with van der Waals surface area (Å²) in [6.45, 7) is 10.4. The maximum absolute atomic E-state index is 11.7.